The highest BCUT2D eigenvalue weighted by molar-refractivity contribution is 9.10. The van der Waals surface area contributed by atoms with Crippen molar-refractivity contribution >= 4 is 21.8 Å². The van der Waals surface area contributed by atoms with Crippen molar-refractivity contribution in [2.45, 2.75) is 45.8 Å². The number of carbonyl (C=O) groups excluding carboxylic acids is 1. The Morgan fingerprint density at radius 2 is 1.73 bits per heavy atom. The van der Waals surface area contributed by atoms with Gasteiger partial charge in [0.1, 0.15) is 5.75 Å². The molecule has 0 aromatic heterocycles. The van der Waals surface area contributed by atoms with Crippen molar-refractivity contribution in [1.82, 2.24) is 5.32 Å². The number of benzene rings is 2. The van der Waals surface area contributed by atoms with Gasteiger partial charge >= 0.3 is 6.61 Å². The van der Waals surface area contributed by atoms with Crippen LogP contribution in [-0.2, 0) is 0 Å². The number of hydrogen-bond donors (Lipinski definition) is 1. The molecule has 0 heterocycles. The van der Waals surface area contributed by atoms with Gasteiger partial charge in [-0.3, -0.25) is 4.79 Å². The Labute approximate surface area is 160 Å². The lowest BCUT2D eigenvalue weighted by Gasteiger charge is -2.17. The third-order valence-corrected chi connectivity index (χ3v) is 4.86. The van der Waals surface area contributed by atoms with Gasteiger partial charge in [0.25, 0.3) is 5.91 Å². The number of amides is 1. The fourth-order valence-corrected chi connectivity index (χ4v) is 2.95. The summed E-state index contributed by atoms with van der Waals surface area (Å²) < 4.78 is 30.2. The minimum atomic E-state index is -2.99. The van der Waals surface area contributed by atoms with E-state index < -0.39 is 12.5 Å². The summed E-state index contributed by atoms with van der Waals surface area (Å²) in [7, 11) is 0. The quantitative estimate of drug-likeness (QED) is 0.585. The molecule has 0 fully saturated rings. The summed E-state index contributed by atoms with van der Waals surface area (Å²) in [5.74, 6) is -0.148. The molecule has 0 aliphatic rings. The van der Waals surface area contributed by atoms with E-state index >= 15 is 0 Å². The first-order valence-electron chi connectivity index (χ1n) is 8.46. The van der Waals surface area contributed by atoms with Gasteiger partial charge in [0.15, 0.2) is 0 Å². The van der Waals surface area contributed by atoms with Crippen LogP contribution in [0, 0.1) is 0 Å². The molecule has 0 unspecified atom stereocenters. The molecule has 0 spiro atoms. The van der Waals surface area contributed by atoms with Crippen molar-refractivity contribution < 1.29 is 18.3 Å². The van der Waals surface area contributed by atoms with Gasteiger partial charge in [-0.25, -0.2) is 0 Å². The summed E-state index contributed by atoms with van der Waals surface area (Å²) in [4.78, 5) is 12.5. The average Bonchev–Trinajstić information content (AvgIpc) is 2.62. The Bertz CT molecular complexity index is 750. The number of hydrogen-bond acceptors (Lipinski definition) is 2. The molecule has 0 saturated carbocycles. The average molecular weight is 426 g/mol. The molecule has 1 N–H and O–H groups in total. The predicted molar refractivity (Wildman–Crippen MR) is 102 cm³/mol. The van der Waals surface area contributed by atoms with Gasteiger partial charge in [0.05, 0.1) is 11.6 Å². The lowest BCUT2D eigenvalue weighted by Crippen LogP contribution is -2.27. The van der Waals surface area contributed by atoms with E-state index in [2.05, 4.69) is 52.0 Å². The number of carbonyl (C=O) groups is 1. The minimum absolute atomic E-state index is 0.0581. The first kappa shape index (κ1) is 20.4. The third-order valence-electron chi connectivity index (χ3n) is 4.37. The summed E-state index contributed by atoms with van der Waals surface area (Å²) >= 11 is 3.25. The van der Waals surface area contributed by atoms with Gasteiger partial charge in [-0.05, 0) is 48.6 Å². The van der Waals surface area contributed by atoms with Gasteiger partial charge in [-0.2, -0.15) is 8.78 Å². The van der Waals surface area contributed by atoms with Crippen LogP contribution in [0.1, 0.15) is 60.6 Å². The monoisotopic (exact) mass is 425 g/mol. The Balaban J connectivity index is 2.15. The molecule has 140 valence electrons. The van der Waals surface area contributed by atoms with Gasteiger partial charge in [-0.15, -0.1) is 0 Å². The Morgan fingerprint density at radius 3 is 2.31 bits per heavy atom. The first-order valence-corrected chi connectivity index (χ1v) is 9.26. The highest BCUT2D eigenvalue weighted by atomic mass is 79.9. The number of halogens is 3. The Kier molecular flexibility index (Phi) is 7.14. The number of alkyl halides is 2. The van der Waals surface area contributed by atoms with Gasteiger partial charge in [-0.1, -0.05) is 54.0 Å². The number of ether oxygens (including phenoxy) is 1. The van der Waals surface area contributed by atoms with E-state index in [9.17, 15) is 13.6 Å². The van der Waals surface area contributed by atoms with Crippen LogP contribution in [0.2, 0.25) is 0 Å². The van der Waals surface area contributed by atoms with E-state index in [1.165, 1.54) is 17.7 Å². The van der Waals surface area contributed by atoms with Crippen molar-refractivity contribution in [1.29, 1.82) is 0 Å². The normalized spacial score (nSPS) is 13.3. The Hall–Kier alpha value is -1.95. The highest BCUT2D eigenvalue weighted by Crippen LogP contribution is 2.26. The minimum Gasteiger partial charge on any atom is -0.434 e. The van der Waals surface area contributed by atoms with E-state index in [1.807, 2.05) is 19.1 Å². The molecule has 2 aromatic rings. The van der Waals surface area contributed by atoms with Crippen LogP contribution in [0.25, 0.3) is 0 Å². The standard InChI is InChI=1S/C20H22BrF2NO2/c1-4-12(2)14-5-7-15(8-6-14)13(3)24-19(25)17-11-16(21)9-10-18(17)26-20(22)23/h5-13,20H,4H2,1-3H3,(H,24,25)/t12-,13+/m1/s1. The maximum atomic E-state index is 12.6. The number of nitrogens with one attached hydrogen (secondary N) is 1. The number of rotatable bonds is 7. The molecular formula is C20H22BrF2NO2. The summed E-state index contributed by atoms with van der Waals surface area (Å²) in [6.07, 6.45) is 1.06. The largest absolute Gasteiger partial charge is 0.434 e. The summed E-state index contributed by atoms with van der Waals surface area (Å²) in [6.45, 7) is 3.16. The summed E-state index contributed by atoms with van der Waals surface area (Å²) in [6, 6.07) is 12.1. The zero-order valence-corrected chi connectivity index (χ0v) is 16.5. The molecule has 2 atom stereocenters. The van der Waals surface area contributed by atoms with Gasteiger partial charge in [0, 0.05) is 4.47 Å². The molecule has 1 amide bonds. The molecular weight excluding hydrogens is 404 g/mol. The van der Waals surface area contributed by atoms with E-state index in [1.54, 1.807) is 6.07 Å². The topological polar surface area (TPSA) is 38.3 Å². The summed E-state index contributed by atoms with van der Waals surface area (Å²) in [5, 5.41) is 2.83. The zero-order chi connectivity index (χ0) is 19.3. The molecule has 2 rings (SSSR count). The zero-order valence-electron chi connectivity index (χ0n) is 14.9. The molecule has 26 heavy (non-hydrogen) atoms. The maximum absolute atomic E-state index is 12.6. The van der Waals surface area contributed by atoms with Crippen LogP contribution in [0.15, 0.2) is 46.9 Å². The van der Waals surface area contributed by atoms with Crippen molar-refractivity contribution in [3.63, 3.8) is 0 Å². The molecule has 6 heteroatoms. The van der Waals surface area contributed by atoms with E-state index in [0.29, 0.717) is 10.4 Å². The molecule has 0 aliphatic heterocycles. The lowest BCUT2D eigenvalue weighted by atomic mass is 9.96. The van der Waals surface area contributed by atoms with Crippen LogP contribution in [0.4, 0.5) is 8.78 Å². The van der Waals surface area contributed by atoms with Crippen molar-refractivity contribution in [3.8, 4) is 5.75 Å². The second-order valence-corrected chi connectivity index (χ2v) is 7.11. The molecule has 0 saturated heterocycles. The van der Waals surface area contributed by atoms with Crippen LogP contribution < -0.4 is 10.1 Å². The van der Waals surface area contributed by atoms with Crippen molar-refractivity contribution in [2.75, 3.05) is 0 Å². The van der Waals surface area contributed by atoms with Crippen molar-refractivity contribution in [3.05, 3.63) is 63.6 Å². The third kappa shape index (κ3) is 5.27. The maximum Gasteiger partial charge on any atom is 0.387 e. The van der Waals surface area contributed by atoms with Gasteiger partial charge in [0.2, 0.25) is 0 Å². The van der Waals surface area contributed by atoms with Gasteiger partial charge < -0.3 is 10.1 Å². The molecule has 2 aromatic carbocycles. The lowest BCUT2D eigenvalue weighted by molar-refractivity contribution is -0.0501. The van der Waals surface area contributed by atoms with Crippen LogP contribution >= 0.6 is 15.9 Å². The first-order chi connectivity index (χ1) is 12.3. The molecule has 0 bridgehead atoms. The molecule has 0 aliphatic carbocycles. The fourth-order valence-electron chi connectivity index (χ4n) is 2.59. The summed E-state index contributed by atoms with van der Waals surface area (Å²) in [5.41, 5.74) is 2.24. The fraction of sp³-hybridized carbons (Fsp3) is 0.350. The van der Waals surface area contributed by atoms with Crippen LogP contribution in [0.5, 0.6) is 5.75 Å². The Morgan fingerprint density at radius 1 is 1.12 bits per heavy atom. The van der Waals surface area contributed by atoms with Crippen LogP contribution in [0.3, 0.4) is 0 Å². The predicted octanol–water partition coefficient (Wildman–Crippen LogP) is 6.06. The highest BCUT2D eigenvalue weighted by Gasteiger charge is 2.18. The molecule has 0 radical (unpaired) electrons. The van der Waals surface area contributed by atoms with Crippen molar-refractivity contribution in [2.24, 2.45) is 0 Å². The van der Waals surface area contributed by atoms with E-state index in [4.69, 9.17) is 0 Å². The van der Waals surface area contributed by atoms with E-state index in [0.717, 1.165) is 12.0 Å². The smallest absolute Gasteiger partial charge is 0.387 e. The second-order valence-electron chi connectivity index (χ2n) is 6.19. The molecule has 3 nitrogen and oxygen atoms in total. The van der Waals surface area contributed by atoms with E-state index in [-0.39, 0.29) is 17.4 Å². The SMILES string of the molecule is CC[C@@H](C)c1ccc([C@H](C)NC(=O)c2cc(Br)ccc2OC(F)F)cc1. The second kappa shape index (κ2) is 9.12. The van der Waals surface area contributed by atoms with Crippen LogP contribution in [-0.4, -0.2) is 12.5 Å².